The minimum atomic E-state index is -0.738. The lowest BCUT2D eigenvalue weighted by atomic mass is 10.2. The summed E-state index contributed by atoms with van der Waals surface area (Å²) >= 11 is 0. The molecule has 0 saturated heterocycles. The zero-order chi connectivity index (χ0) is 20.8. The molecular formula is C19H27F2N3O3. The van der Waals surface area contributed by atoms with E-state index >= 15 is 0 Å². The molecule has 0 saturated carbocycles. The van der Waals surface area contributed by atoms with E-state index in [1.807, 2.05) is 13.8 Å². The van der Waals surface area contributed by atoms with E-state index in [1.54, 1.807) is 34.6 Å². The van der Waals surface area contributed by atoms with Crippen molar-refractivity contribution in [2.75, 3.05) is 6.54 Å². The maximum atomic E-state index is 13.3. The second kappa shape index (κ2) is 9.43. The van der Waals surface area contributed by atoms with Crippen molar-refractivity contribution in [1.82, 2.24) is 15.0 Å². The summed E-state index contributed by atoms with van der Waals surface area (Å²) in [7, 11) is 0. The summed E-state index contributed by atoms with van der Waals surface area (Å²) in [5, 5.41) is 3.74. The first kappa shape index (κ1) is 22.5. The average molecular weight is 383 g/mol. The van der Waals surface area contributed by atoms with Crippen LogP contribution in [0.1, 0.15) is 60.4 Å². The topological polar surface area (TPSA) is 68.5 Å². The molecule has 2 aromatic rings. The highest BCUT2D eigenvalue weighted by Crippen LogP contribution is 2.25. The van der Waals surface area contributed by atoms with Crippen LogP contribution in [0.4, 0.5) is 13.6 Å². The molecule has 0 N–H and O–H groups in total. The van der Waals surface area contributed by atoms with E-state index in [2.05, 4.69) is 10.1 Å². The van der Waals surface area contributed by atoms with Gasteiger partial charge in [-0.15, -0.1) is 0 Å². The van der Waals surface area contributed by atoms with Crippen molar-refractivity contribution in [3.05, 3.63) is 35.7 Å². The van der Waals surface area contributed by atoms with Crippen molar-refractivity contribution in [2.24, 2.45) is 0 Å². The molecule has 1 aromatic heterocycles. The molecule has 0 spiro atoms. The summed E-state index contributed by atoms with van der Waals surface area (Å²) in [4.78, 5) is 17.9. The molecule has 6 nitrogen and oxygen atoms in total. The Hall–Kier alpha value is -2.51. The van der Waals surface area contributed by atoms with Crippen LogP contribution in [-0.2, 0) is 4.74 Å². The number of hydrogen-bond donors (Lipinski definition) is 0. The van der Waals surface area contributed by atoms with Crippen molar-refractivity contribution in [2.45, 2.75) is 60.1 Å². The number of aromatic nitrogens is 2. The zero-order valence-electron chi connectivity index (χ0n) is 16.8. The Morgan fingerprint density at radius 3 is 2.26 bits per heavy atom. The number of amides is 1. The molecule has 0 radical (unpaired) electrons. The Kier molecular flexibility index (Phi) is 7.87. The monoisotopic (exact) mass is 383 g/mol. The van der Waals surface area contributed by atoms with Gasteiger partial charge in [0.15, 0.2) is 0 Å². The van der Waals surface area contributed by atoms with Crippen LogP contribution in [0.25, 0.3) is 11.4 Å². The average Bonchev–Trinajstić information content (AvgIpc) is 3.04. The summed E-state index contributed by atoms with van der Waals surface area (Å²) in [6.07, 6.45) is -0.515. The number of nitrogens with zero attached hydrogens (tertiary/aromatic N) is 3. The van der Waals surface area contributed by atoms with Crippen LogP contribution in [0.3, 0.4) is 0 Å². The molecule has 1 heterocycles. The molecule has 1 atom stereocenters. The van der Waals surface area contributed by atoms with E-state index in [0.29, 0.717) is 6.54 Å². The molecule has 27 heavy (non-hydrogen) atoms. The normalized spacial score (nSPS) is 12.0. The predicted octanol–water partition coefficient (Wildman–Crippen LogP) is 5.36. The van der Waals surface area contributed by atoms with Crippen LogP contribution in [0.2, 0.25) is 0 Å². The number of rotatable bonds is 4. The number of ether oxygens (including phenoxy) is 1. The van der Waals surface area contributed by atoms with Crippen molar-refractivity contribution in [1.29, 1.82) is 0 Å². The van der Waals surface area contributed by atoms with Crippen molar-refractivity contribution in [3.63, 3.8) is 0 Å². The first-order chi connectivity index (χ1) is 12.6. The van der Waals surface area contributed by atoms with Gasteiger partial charge in [0.1, 0.15) is 23.3 Å². The molecule has 0 unspecified atom stereocenters. The molecular weight excluding hydrogens is 356 g/mol. The molecule has 8 heteroatoms. The van der Waals surface area contributed by atoms with Crippen molar-refractivity contribution >= 4 is 6.09 Å². The fourth-order valence-corrected chi connectivity index (χ4v) is 2.22. The SMILES string of the molecule is CC.CCN(C(=O)OC(C)(C)C)[C@@H](C)c1nc(-c2cc(F)cc(F)c2)no1. The number of carbonyl (C=O) groups excluding carboxylic acids is 1. The Morgan fingerprint density at radius 1 is 1.22 bits per heavy atom. The highest BCUT2D eigenvalue weighted by atomic mass is 19.1. The predicted molar refractivity (Wildman–Crippen MR) is 98.0 cm³/mol. The number of carbonyl (C=O) groups is 1. The van der Waals surface area contributed by atoms with Crippen LogP contribution in [0.15, 0.2) is 22.7 Å². The number of benzene rings is 1. The minimum absolute atomic E-state index is 0.0421. The zero-order valence-corrected chi connectivity index (χ0v) is 16.8. The maximum Gasteiger partial charge on any atom is 0.410 e. The fraction of sp³-hybridized carbons (Fsp3) is 0.526. The van der Waals surface area contributed by atoms with E-state index < -0.39 is 29.4 Å². The van der Waals surface area contributed by atoms with E-state index in [9.17, 15) is 13.6 Å². The second-order valence-corrected chi connectivity index (χ2v) is 6.56. The Balaban J connectivity index is 0.00000176. The summed E-state index contributed by atoms with van der Waals surface area (Å²) in [6, 6.07) is 2.41. The summed E-state index contributed by atoms with van der Waals surface area (Å²) in [5.41, 5.74) is -0.483. The van der Waals surface area contributed by atoms with Gasteiger partial charge in [0, 0.05) is 18.2 Å². The maximum absolute atomic E-state index is 13.3. The quantitative estimate of drug-likeness (QED) is 0.711. The molecule has 0 bridgehead atoms. The van der Waals surface area contributed by atoms with Crippen LogP contribution < -0.4 is 0 Å². The lowest BCUT2D eigenvalue weighted by Crippen LogP contribution is -2.38. The Morgan fingerprint density at radius 2 is 1.78 bits per heavy atom. The van der Waals surface area contributed by atoms with E-state index in [4.69, 9.17) is 9.26 Å². The van der Waals surface area contributed by atoms with Crippen molar-refractivity contribution < 1.29 is 22.8 Å². The smallest absolute Gasteiger partial charge is 0.410 e. The molecule has 1 amide bonds. The van der Waals surface area contributed by atoms with Gasteiger partial charge in [0.25, 0.3) is 0 Å². The van der Waals surface area contributed by atoms with Gasteiger partial charge in [-0.2, -0.15) is 4.98 Å². The van der Waals surface area contributed by atoms with Crippen molar-refractivity contribution in [3.8, 4) is 11.4 Å². The number of halogens is 2. The van der Waals surface area contributed by atoms with Gasteiger partial charge in [0.05, 0.1) is 0 Å². The molecule has 0 fully saturated rings. The second-order valence-electron chi connectivity index (χ2n) is 6.56. The van der Waals surface area contributed by atoms with Gasteiger partial charge in [-0.25, -0.2) is 13.6 Å². The van der Waals surface area contributed by atoms with E-state index in [1.165, 1.54) is 4.90 Å². The van der Waals surface area contributed by atoms with Gasteiger partial charge in [-0.05, 0) is 46.8 Å². The Bertz CT molecular complexity index is 737. The molecule has 0 aliphatic rings. The molecule has 0 aliphatic heterocycles. The van der Waals surface area contributed by atoms with Gasteiger partial charge in [-0.1, -0.05) is 19.0 Å². The van der Waals surface area contributed by atoms with Gasteiger partial charge in [-0.3, -0.25) is 4.90 Å². The molecule has 1 aromatic carbocycles. The lowest BCUT2D eigenvalue weighted by Gasteiger charge is -2.29. The first-order valence-corrected chi connectivity index (χ1v) is 8.90. The summed E-state index contributed by atoms with van der Waals surface area (Å²) in [5.74, 6) is -1.29. The summed E-state index contributed by atoms with van der Waals surface area (Å²) in [6.45, 7) is 13.2. The van der Waals surface area contributed by atoms with E-state index in [0.717, 1.165) is 18.2 Å². The standard InChI is InChI=1S/C17H21F2N3O3.C2H6/c1-6-22(16(23)24-17(3,4)5)10(2)15-20-14(21-25-15)11-7-12(18)9-13(19)8-11;1-2/h7-10H,6H2,1-5H3;1-2H3/t10-;/m0./s1. The lowest BCUT2D eigenvalue weighted by molar-refractivity contribution is 0.0157. The van der Waals surface area contributed by atoms with Gasteiger partial charge in [0.2, 0.25) is 11.7 Å². The molecule has 150 valence electrons. The Labute approximate surface area is 158 Å². The van der Waals surface area contributed by atoms with Crippen LogP contribution in [-0.4, -0.2) is 33.3 Å². The fourth-order valence-electron chi connectivity index (χ4n) is 2.22. The van der Waals surface area contributed by atoms with Gasteiger partial charge < -0.3 is 9.26 Å². The third kappa shape index (κ3) is 6.30. The third-order valence-corrected chi connectivity index (χ3v) is 3.36. The van der Waals surface area contributed by atoms with Crippen LogP contribution in [0, 0.1) is 11.6 Å². The minimum Gasteiger partial charge on any atom is -0.444 e. The highest BCUT2D eigenvalue weighted by Gasteiger charge is 2.29. The largest absolute Gasteiger partial charge is 0.444 e. The van der Waals surface area contributed by atoms with Crippen LogP contribution in [0.5, 0.6) is 0 Å². The molecule has 0 aliphatic carbocycles. The summed E-state index contributed by atoms with van der Waals surface area (Å²) < 4.78 is 37.2. The number of hydrogen-bond acceptors (Lipinski definition) is 5. The third-order valence-electron chi connectivity index (χ3n) is 3.36. The highest BCUT2D eigenvalue weighted by molar-refractivity contribution is 5.68. The van der Waals surface area contributed by atoms with Gasteiger partial charge >= 0.3 is 6.09 Å². The van der Waals surface area contributed by atoms with E-state index in [-0.39, 0.29) is 17.3 Å². The van der Waals surface area contributed by atoms with Crippen LogP contribution >= 0.6 is 0 Å². The molecule has 2 rings (SSSR count). The first-order valence-electron chi connectivity index (χ1n) is 8.90.